The molecule has 1 unspecified atom stereocenters. The largest absolute Gasteiger partial charge is 0.348 e. The number of rotatable bonds is 4. The van der Waals surface area contributed by atoms with Crippen molar-refractivity contribution in [2.45, 2.75) is 12.5 Å². The third-order valence-corrected chi connectivity index (χ3v) is 1.84. The van der Waals surface area contributed by atoms with Crippen LogP contribution in [0.15, 0.2) is 12.5 Å². The number of imidazole rings is 1. The maximum Gasteiger partial charge on any atom is 0.238 e. The summed E-state index contributed by atoms with van der Waals surface area (Å²) in [6.07, 6.45) is 8.50. The Balaban J connectivity index is 2.34. The van der Waals surface area contributed by atoms with Crippen LogP contribution in [0.2, 0.25) is 0 Å². The number of aromatic nitrogens is 2. The van der Waals surface area contributed by atoms with Crippen molar-refractivity contribution in [2.75, 3.05) is 6.54 Å². The summed E-state index contributed by atoms with van der Waals surface area (Å²) in [5, 5.41) is 2.56. The lowest BCUT2D eigenvalue weighted by atomic mass is 10.1. The molecular formula is C11H12N4O. The van der Waals surface area contributed by atoms with Gasteiger partial charge in [0.15, 0.2) is 0 Å². The second-order valence-corrected chi connectivity index (χ2v) is 3.05. The smallest absolute Gasteiger partial charge is 0.238 e. The van der Waals surface area contributed by atoms with Crippen molar-refractivity contribution >= 4 is 5.91 Å². The quantitative estimate of drug-likeness (QED) is 0.566. The van der Waals surface area contributed by atoms with Crippen molar-refractivity contribution in [1.82, 2.24) is 15.3 Å². The highest BCUT2D eigenvalue weighted by Gasteiger charge is 2.13. The Morgan fingerprint density at radius 1 is 1.75 bits per heavy atom. The summed E-state index contributed by atoms with van der Waals surface area (Å²) in [4.78, 5) is 18.2. The van der Waals surface area contributed by atoms with E-state index in [4.69, 9.17) is 12.2 Å². The number of terminal acetylenes is 1. The van der Waals surface area contributed by atoms with Gasteiger partial charge in [0.25, 0.3) is 0 Å². The lowest BCUT2D eigenvalue weighted by Gasteiger charge is -2.08. The molecule has 1 aromatic rings. The summed E-state index contributed by atoms with van der Waals surface area (Å²) in [6, 6.07) is -0.618. The molecule has 0 aromatic carbocycles. The number of hydrogen-bond donors (Lipinski definition) is 3. The van der Waals surface area contributed by atoms with Gasteiger partial charge in [-0.3, -0.25) is 4.79 Å². The van der Waals surface area contributed by atoms with Crippen molar-refractivity contribution in [3.8, 4) is 24.2 Å². The van der Waals surface area contributed by atoms with E-state index in [-0.39, 0.29) is 12.5 Å². The molecule has 0 saturated carbocycles. The average molecular weight is 216 g/mol. The molecule has 0 aliphatic rings. The summed E-state index contributed by atoms with van der Waals surface area (Å²) < 4.78 is 0. The molecule has 1 amide bonds. The van der Waals surface area contributed by atoms with Crippen molar-refractivity contribution in [2.24, 2.45) is 5.73 Å². The maximum atomic E-state index is 11.4. The van der Waals surface area contributed by atoms with Crippen LogP contribution in [0.5, 0.6) is 0 Å². The zero-order valence-corrected chi connectivity index (χ0v) is 8.66. The van der Waals surface area contributed by atoms with Crippen LogP contribution in [0.25, 0.3) is 0 Å². The highest BCUT2D eigenvalue weighted by atomic mass is 16.2. The minimum absolute atomic E-state index is 0.208. The van der Waals surface area contributed by atoms with E-state index in [1.165, 1.54) is 0 Å². The Labute approximate surface area is 93.8 Å². The molecule has 0 aliphatic carbocycles. The van der Waals surface area contributed by atoms with Crippen molar-refractivity contribution in [3.05, 3.63) is 18.2 Å². The molecule has 82 valence electrons. The van der Waals surface area contributed by atoms with Crippen LogP contribution in [0.1, 0.15) is 5.69 Å². The lowest BCUT2D eigenvalue weighted by molar-refractivity contribution is -0.122. The van der Waals surface area contributed by atoms with Crippen LogP contribution in [0.3, 0.4) is 0 Å². The minimum atomic E-state index is -0.618. The fourth-order valence-corrected chi connectivity index (χ4v) is 1.08. The number of nitrogens with one attached hydrogen (secondary N) is 2. The number of nitrogens with two attached hydrogens (primary N) is 1. The third-order valence-electron chi connectivity index (χ3n) is 1.84. The van der Waals surface area contributed by atoms with Crippen LogP contribution < -0.4 is 11.1 Å². The van der Waals surface area contributed by atoms with Gasteiger partial charge < -0.3 is 16.0 Å². The molecule has 0 saturated heterocycles. The van der Waals surface area contributed by atoms with Gasteiger partial charge in [0, 0.05) is 18.3 Å². The maximum absolute atomic E-state index is 11.4. The predicted molar refractivity (Wildman–Crippen MR) is 59.9 cm³/mol. The van der Waals surface area contributed by atoms with Gasteiger partial charge in [0.05, 0.1) is 18.9 Å². The summed E-state index contributed by atoms with van der Waals surface area (Å²) in [5.41, 5.74) is 6.49. The Morgan fingerprint density at radius 3 is 3.19 bits per heavy atom. The number of nitrogens with zero attached hydrogens (tertiary/aromatic N) is 1. The van der Waals surface area contributed by atoms with Gasteiger partial charge in [0.1, 0.15) is 0 Å². The van der Waals surface area contributed by atoms with Gasteiger partial charge in [-0.25, -0.2) is 4.98 Å². The molecule has 16 heavy (non-hydrogen) atoms. The number of aromatic amines is 1. The predicted octanol–water partition coefficient (Wildman–Crippen LogP) is -0.968. The normalized spacial score (nSPS) is 10.8. The Hall–Kier alpha value is -2.24. The molecule has 5 nitrogen and oxygen atoms in total. The topological polar surface area (TPSA) is 83.8 Å². The standard InChI is InChI=1S/C11H12N4O/c1-2-3-4-5-14-11(16)10(12)6-9-7-13-8-15-9/h1,7-8,10H,5-6,12H2,(H,13,15)(H,14,16). The van der Waals surface area contributed by atoms with Gasteiger partial charge in [0.2, 0.25) is 5.91 Å². The van der Waals surface area contributed by atoms with Gasteiger partial charge in [-0.15, -0.1) is 6.42 Å². The molecule has 1 heterocycles. The first-order valence-corrected chi connectivity index (χ1v) is 4.68. The first kappa shape index (κ1) is 11.8. The van der Waals surface area contributed by atoms with Crippen LogP contribution in [0, 0.1) is 24.2 Å². The SMILES string of the molecule is C#CC#CCNC(=O)C(N)Cc1cnc[nH]1. The molecule has 1 atom stereocenters. The highest BCUT2D eigenvalue weighted by Crippen LogP contribution is 1.95. The molecule has 0 spiro atoms. The molecule has 0 aliphatic heterocycles. The number of carbonyl (C=O) groups excluding carboxylic acids is 1. The van der Waals surface area contributed by atoms with Gasteiger partial charge in [-0.1, -0.05) is 5.92 Å². The second-order valence-electron chi connectivity index (χ2n) is 3.05. The lowest BCUT2D eigenvalue weighted by Crippen LogP contribution is -2.42. The van der Waals surface area contributed by atoms with Crippen LogP contribution in [-0.2, 0) is 11.2 Å². The average Bonchev–Trinajstić information content (AvgIpc) is 2.76. The summed E-state index contributed by atoms with van der Waals surface area (Å²) >= 11 is 0. The number of H-pyrrole nitrogens is 1. The zero-order chi connectivity index (χ0) is 11.8. The van der Waals surface area contributed by atoms with Crippen molar-refractivity contribution in [3.63, 3.8) is 0 Å². The van der Waals surface area contributed by atoms with E-state index in [9.17, 15) is 4.79 Å². The Morgan fingerprint density at radius 2 is 2.56 bits per heavy atom. The first-order chi connectivity index (χ1) is 7.74. The Kier molecular flexibility index (Phi) is 4.65. The molecule has 5 heteroatoms. The summed E-state index contributed by atoms with van der Waals surface area (Å²) in [7, 11) is 0. The monoisotopic (exact) mass is 216 g/mol. The van der Waals surface area contributed by atoms with E-state index < -0.39 is 6.04 Å². The van der Waals surface area contributed by atoms with E-state index in [1.54, 1.807) is 12.5 Å². The first-order valence-electron chi connectivity index (χ1n) is 4.68. The van der Waals surface area contributed by atoms with Crippen molar-refractivity contribution in [1.29, 1.82) is 0 Å². The van der Waals surface area contributed by atoms with Crippen LogP contribution in [-0.4, -0.2) is 28.5 Å². The van der Waals surface area contributed by atoms with Crippen LogP contribution >= 0.6 is 0 Å². The van der Waals surface area contributed by atoms with Gasteiger partial charge in [-0.05, 0) is 11.8 Å². The zero-order valence-electron chi connectivity index (χ0n) is 8.66. The van der Waals surface area contributed by atoms with E-state index in [0.29, 0.717) is 6.42 Å². The number of carbonyl (C=O) groups is 1. The summed E-state index contributed by atoms with van der Waals surface area (Å²) in [6.45, 7) is 0.208. The minimum Gasteiger partial charge on any atom is -0.348 e. The fourth-order valence-electron chi connectivity index (χ4n) is 1.08. The number of hydrogen-bond acceptors (Lipinski definition) is 3. The van der Waals surface area contributed by atoms with E-state index in [1.807, 2.05) is 0 Å². The van der Waals surface area contributed by atoms with Crippen LogP contribution in [0.4, 0.5) is 0 Å². The number of amides is 1. The highest BCUT2D eigenvalue weighted by molar-refractivity contribution is 5.81. The van der Waals surface area contributed by atoms with E-state index in [2.05, 4.69) is 33.0 Å². The second kappa shape index (κ2) is 6.28. The van der Waals surface area contributed by atoms with Gasteiger partial charge in [-0.2, -0.15) is 0 Å². The molecule has 0 radical (unpaired) electrons. The van der Waals surface area contributed by atoms with Gasteiger partial charge >= 0.3 is 0 Å². The molecular weight excluding hydrogens is 204 g/mol. The fraction of sp³-hybridized carbons (Fsp3) is 0.273. The molecule has 0 fully saturated rings. The molecule has 4 N–H and O–H groups in total. The summed E-state index contributed by atoms with van der Waals surface area (Å²) in [5.74, 6) is 6.87. The molecule has 1 aromatic heterocycles. The van der Waals surface area contributed by atoms with E-state index >= 15 is 0 Å². The van der Waals surface area contributed by atoms with E-state index in [0.717, 1.165) is 5.69 Å². The molecule has 1 rings (SSSR count). The Bertz CT molecular complexity index is 433. The molecule has 0 bridgehead atoms. The third kappa shape index (κ3) is 3.87. The van der Waals surface area contributed by atoms with Crippen molar-refractivity contribution < 1.29 is 4.79 Å².